The maximum atomic E-state index is 12.2. The Bertz CT molecular complexity index is 1100. The largest absolute Gasteiger partial charge is 0.468 e. The van der Waals surface area contributed by atoms with E-state index in [1.165, 1.54) is 7.11 Å². The lowest BCUT2D eigenvalue weighted by Gasteiger charge is -2.26. The van der Waals surface area contributed by atoms with Crippen molar-refractivity contribution in [3.8, 4) is 6.07 Å². The van der Waals surface area contributed by atoms with Gasteiger partial charge in [0.25, 0.3) is 0 Å². The summed E-state index contributed by atoms with van der Waals surface area (Å²) < 4.78 is 4.79. The molecular weight excluding hydrogens is 402 g/mol. The van der Waals surface area contributed by atoms with Crippen molar-refractivity contribution in [3.63, 3.8) is 0 Å². The van der Waals surface area contributed by atoms with E-state index in [1.807, 2.05) is 67.5 Å². The number of anilines is 1. The lowest BCUT2D eigenvalue weighted by atomic mass is 10.0. The highest BCUT2D eigenvalue weighted by Crippen LogP contribution is 2.29. The Morgan fingerprint density at radius 2 is 1.80 bits per heavy atom. The molecule has 1 aromatic heterocycles. The van der Waals surface area contributed by atoms with Crippen LogP contribution in [0.5, 0.6) is 0 Å². The summed E-state index contributed by atoms with van der Waals surface area (Å²) in [6.07, 6.45) is 0. The topological polar surface area (TPSA) is 91.1 Å². The van der Waals surface area contributed by atoms with Crippen molar-refractivity contribution in [2.45, 2.75) is 12.0 Å². The summed E-state index contributed by atoms with van der Waals surface area (Å²) in [5.41, 5.74) is 2.44. The van der Waals surface area contributed by atoms with Crippen LogP contribution in [0.2, 0.25) is 5.02 Å². The number of esters is 1. The number of nitrogens with zero attached hydrogens (tertiary/aromatic N) is 4. The van der Waals surface area contributed by atoms with Gasteiger partial charge in [-0.1, -0.05) is 41.9 Å². The third-order valence-electron chi connectivity index (χ3n) is 4.79. The van der Waals surface area contributed by atoms with Crippen molar-refractivity contribution in [2.75, 3.05) is 33.1 Å². The lowest BCUT2D eigenvalue weighted by Crippen LogP contribution is -2.28. The standard InChI is InChI=1S/C22H22ClN5O2/c1-28(2)19(14-8-4-5-9-16(14)23)13-25-21-20(15(12-24)22(29)30-3)26-17-10-6-7-11-18(17)27-21/h4-11,15,19H,13H2,1-3H3,(H,25,27)/t15-,19+/m1/s1. The van der Waals surface area contributed by atoms with E-state index in [9.17, 15) is 10.1 Å². The van der Waals surface area contributed by atoms with E-state index in [-0.39, 0.29) is 11.7 Å². The van der Waals surface area contributed by atoms with Gasteiger partial charge < -0.3 is 15.0 Å². The Morgan fingerprint density at radius 3 is 2.40 bits per heavy atom. The molecule has 1 heterocycles. The summed E-state index contributed by atoms with van der Waals surface area (Å²) >= 11 is 6.40. The monoisotopic (exact) mass is 423 g/mol. The van der Waals surface area contributed by atoms with Gasteiger partial charge >= 0.3 is 5.97 Å². The molecule has 0 aliphatic heterocycles. The van der Waals surface area contributed by atoms with Gasteiger partial charge in [-0.25, -0.2) is 9.97 Å². The van der Waals surface area contributed by atoms with Crippen LogP contribution in [0.3, 0.4) is 0 Å². The molecule has 0 saturated carbocycles. The van der Waals surface area contributed by atoms with Gasteiger partial charge in [0.15, 0.2) is 11.7 Å². The predicted molar refractivity (Wildman–Crippen MR) is 116 cm³/mol. The number of ether oxygens (including phenoxy) is 1. The number of benzene rings is 2. The maximum Gasteiger partial charge on any atom is 0.329 e. The van der Waals surface area contributed by atoms with Crippen LogP contribution in [0.1, 0.15) is 23.2 Å². The van der Waals surface area contributed by atoms with Crippen LogP contribution >= 0.6 is 11.6 Å². The molecule has 0 radical (unpaired) electrons. The molecule has 0 bridgehead atoms. The van der Waals surface area contributed by atoms with Gasteiger partial charge in [0.05, 0.1) is 30.3 Å². The minimum atomic E-state index is -1.19. The molecule has 7 nitrogen and oxygen atoms in total. The SMILES string of the molecule is COC(=O)[C@H](C#N)c1nc2ccccc2nc1NC[C@@H](c1ccccc1Cl)N(C)C. The first-order valence-corrected chi connectivity index (χ1v) is 9.73. The van der Waals surface area contributed by atoms with E-state index in [0.29, 0.717) is 28.4 Å². The summed E-state index contributed by atoms with van der Waals surface area (Å²) in [4.78, 5) is 23.4. The first-order valence-electron chi connectivity index (χ1n) is 9.35. The third kappa shape index (κ3) is 4.51. The van der Waals surface area contributed by atoms with E-state index < -0.39 is 11.9 Å². The van der Waals surface area contributed by atoms with E-state index in [0.717, 1.165) is 5.56 Å². The molecule has 0 aliphatic rings. The minimum absolute atomic E-state index is 0.0708. The van der Waals surface area contributed by atoms with Crippen LogP contribution in [-0.4, -0.2) is 48.6 Å². The quantitative estimate of drug-likeness (QED) is 0.578. The van der Waals surface area contributed by atoms with E-state index in [2.05, 4.69) is 15.3 Å². The van der Waals surface area contributed by atoms with Gasteiger partial charge in [-0.05, 0) is 37.9 Å². The van der Waals surface area contributed by atoms with Crippen molar-refractivity contribution in [3.05, 3.63) is 64.8 Å². The minimum Gasteiger partial charge on any atom is -0.468 e. The number of nitriles is 1. The molecule has 0 saturated heterocycles. The highest BCUT2D eigenvalue weighted by atomic mass is 35.5. The number of likely N-dealkylation sites (N-methyl/N-ethyl adjacent to an activating group) is 1. The van der Waals surface area contributed by atoms with Crippen molar-refractivity contribution >= 4 is 34.4 Å². The molecule has 0 amide bonds. The average Bonchev–Trinajstić information content (AvgIpc) is 2.75. The Labute approximate surface area is 180 Å². The zero-order chi connectivity index (χ0) is 21.7. The van der Waals surface area contributed by atoms with Crippen LogP contribution < -0.4 is 5.32 Å². The van der Waals surface area contributed by atoms with E-state index in [1.54, 1.807) is 6.07 Å². The summed E-state index contributed by atoms with van der Waals surface area (Å²) in [5.74, 6) is -1.50. The highest BCUT2D eigenvalue weighted by molar-refractivity contribution is 6.31. The second-order valence-corrected chi connectivity index (χ2v) is 7.32. The zero-order valence-corrected chi connectivity index (χ0v) is 17.7. The molecule has 3 rings (SSSR count). The van der Waals surface area contributed by atoms with Gasteiger partial charge in [0.1, 0.15) is 5.69 Å². The number of halogens is 1. The molecule has 0 fully saturated rings. The van der Waals surface area contributed by atoms with Gasteiger partial charge in [-0.15, -0.1) is 0 Å². The van der Waals surface area contributed by atoms with E-state index >= 15 is 0 Å². The van der Waals surface area contributed by atoms with Crippen LogP contribution in [0.25, 0.3) is 11.0 Å². The summed E-state index contributed by atoms with van der Waals surface area (Å²) in [6, 6.07) is 16.8. The average molecular weight is 424 g/mol. The number of rotatable bonds is 7. The number of methoxy groups -OCH3 is 1. The van der Waals surface area contributed by atoms with Crippen molar-refractivity contribution in [1.82, 2.24) is 14.9 Å². The fourth-order valence-electron chi connectivity index (χ4n) is 3.20. The highest BCUT2D eigenvalue weighted by Gasteiger charge is 2.28. The summed E-state index contributed by atoms with van der Waals surface area (Å²) in [6.45, 7) is 0.441. The van der Waals surface area contributed by atoms with Crippen molar-refractivity contribution in [2.24, 2.45) is 0 Å². The summed E-state index contributed by atoms with van der Waals surface area (Å²) in [5, 5.41) is 13.5. The maximum absolute atomic E-state index is 12.2. The Kier molecular flexibility index (Phi) is 6.83. The van der Waals surface area contributed by atoms with Gasteiger partial charge in [-0.3, -0.25) is 4.79 Å². The van der Waals surface area contributed by atoms with Crippen LogP contribution in [-0.2, 0) is 9.53 Å². The number of carbonyl (C=O) groups is 1. The molecule has 2 atom stereocenters. The van der Waals surface area contributed by atoms with Crippen molar-refractivity contribution < 1.29 is 9.53 Å². The zero-order valence-electron chi connectivity index (χ0n) is 17.0. The number of nitrogens with one attached hydrogen (secondary N) is 1. The van der Waals surface area contributed by atoms with Crippen LogP contribution in [0, 0.1) is 11.3 Å². The molecule has 3 aromatic rings. The number of para-hydroxylation sites is 2. The molecular formula is C22H22ClN5O2. The number of hydrogen-bond acceptors (Lipinski definition) is 7. The molecule has 8 heteroatoms. The van der Waals surface area contributed by atoms with Crippen molar-refractivity contribution in [1.29, 1.82) is 5.26 Å². The van der Waals surface area contributed by atoms with Gasteiger partial charge in [0, 0.05) is 11.6 Å². The predicted octanol–water partition coefficient (Wildman–Crippen LogP) is 3.78. The van der Waals surface area contributed by atoms with Crippen LogP contribution in [0.15, 0.2) is 48.5 Å². The third-order valence-corrected chi connectivity index (χ3v) is 5.13. The number of aromatic nitrogens is 2. The second-order valence-electron chi connectivity index (χ2n) is 6.91. The van der Waals surface area contributed by atoms with E-state index in [4.69, 9.17) is 16.3 Å². The van der Waals surface area contributed by atoms with Gasteiger partial charge in [0.2, 0.25) is 0 Å². The Hall–Kier alpha value is -3.21. The smallest absolute Gasteiger partial charge is 0.329 e. The molecule has 154 valence electrons. The molecule has 0 unspecified atom stereocenters. The molecule has 2 aromatic carbocycles. The molecule has 1 N–H and O–H groups in total. The first kappa shape index (κ1) is 21.5. The molecule has 30 heavy (non-hydrogen) atoms. The Balaban J connectivity index is 2.01. The summed E-state index contributed by atoms with van der Waals surface area (Å²) in [7, 11) is 5.15. The molecule has 0 aliphatic carbocycles. The first-order chi connectivity index (χ1) is 14.5. The fraction of sp³-hybridized carbons (Fsp3) is 0.273. The normalized spacial score (nSPS) is 12.9. The number of carbonyl (C=O) groups excluding carboxylic acids is 1. The second kappa shape index (κ2) is 9.53. The lowest BCUT2D eigenvalue weighted by molar-refractivity contribution is -0.141. The van der Waals surface area contributed by atoms with Gasteiger partial charge in [-0.2, -0.15) is 5.26 Å². The Morgan fingerprint density at radius 1 is 1.17 bits per heavy atom. The number of fused-ring (bicyclic) bond motifs is 1. The molecule has 0 spiro atoms. The van der Waals surface area contributed by atoms with Crippen LogP contribution in [0.4, 0.5) is 5.82 Å². The number of hydrogen-bond donors (Lipinski definition) is 1. The fourth-order valence-corrected chi connectivity index (χ4v) is 3.46.